The van der Waals surface area contributed by atoms with E-state index in [1.54, 1.807) is 18.2 Å². The number of carbonyl (C=O) groups excluding carboxylic acids is 1. The van der Waals surface area contributed by atoms with Gasteiger partial charge in [-0.15, -0.1) is 0 Å². The van der Waals surface area contributed by atoms with Gasteiger partial charge in [-0.2, -0.15) is 0 Å². The van der Waals surface area contributed by atoms with E-state index in [9.17, 15) is 13.2 Å². The number of rotatable bonds is 8. The fourth-order valence-corrected chi connectivity index (χ4v) is 5.70. The molecule has 1 aliphatic rings. The quantitative estimate of drug-likeness (QED) is 0.672. The second-order valence-corrected chi connectivity index (χ2v) is 10.2. The molecule has 0 saturated carbocycles. The van der Waals surface area contributed by atoms with E-state index in [0.29, 0.717) is 37.2 Å². The van der Waals surface area contributed by atoms with Crippen LogP contribution in [-0.2, 0) is 16.4 Å². The van der Waals surface area contributed by atoms with Crippen LogP contribution in [0.4, 0.5) is 5.69 Å². The van der Waals surface area contributed by atoms with Crippen LogP contribution in [0.5, 0.6) is 0 Å². The highest BCUT2D eigenvalue weighted by molar-refractivity contribution is 7.92. The third-order valence-electron chi connectivity index (χ3n) is 5.71. The number of anilines is 1. The zero-order valence-corrected chi connectivity index (χ0v) is 19.0. The van der Waals surface area contributed by atoms with Gasteiger partial charge in [0.25, 0.3) is 15.9 Å². The standard InChI is InChI=1S/C23H31N3O3S/c1-17(2)25(18(3)4)15-13-24-23(27)20-9-7-10-21(16-20)30(28,29)26-14-12-19-8-5-6-11-22(19)26/h5-11,16-18H,12-15H2,1-4H3,(H,24,27)/p+1. The molecule has 2 N–H and O–H groups in total. The fourth-order valence-electron chi connectivity index (χ4n) is 4.15. The third-order valence-corrected chi connectivity index (χ3v) is 7.52. The van der Waals surface area contributed by atoms with Crippen molar-refractivity contribution < 1.29 is 18.1 Å². The summed E-state index contributed by atoms with van der Waals surface area (Å²) in [5.74, 6) is -0.249. The first-order valence-electron chi connectivity index (χ1n) is 10.6. The highest BCUT2D eigenvalue weighted by Crippen LogP contribution is 2.32. The summed E-state index contributed by atoms with van der Waals surface area (Å²) in [7, 11) is -3.72. The molecule has 2 aromatic carbocycles. The molecule has 2 aromatic rings. The Labute approximate surface area is 179 Å². The van der Waals surface area contributed by atoms with Gasteiger partial charge < -0.3 is 10.2 Å². The molecule has 0 atom stereocenters. The van der Waals surface area contributed by atoms with E-state index >= 15 is 0 Å². The Balaban J connectivity index is 1.72. The Morgan fingerprint density at radius 3 is 2.47 bits per heavy atom. The maximum absolute atomic E-state index is 13.2. The molecule has 0 spiro atoms. The molecular weight excluding hydrogens is 398 g/mol. The number of nitrogens with zero attached hydrogens (tertiary/aromatic N) is 1. The average Bonchev–Trinajstić information content (AvgIpc) is 3.15. The van der Waals surface area contributed by atoms with E-state index in [1.165, 1.54) is 15.3 Å². The number of carbonyl (C=O) groups is 1. The first-order chi connectivity index (χ1) is 14.2. The number of sulfonamides is 1. The number of fused-ring (bicyclic) bond motifs is 1. The van der Waals surface area contributed by atoms with Gasteiger partial charge in [0.15, 0.2) is 0 Å². The van der Waals surface area contributed by atoms with Crippen molar-refractivity contribution in [3.63, 3.8) is 0 Å². The van der Waals surface area contributed by atoms with Crippen LogP contribution in [0.1, 0.15) is 43.6 Å². The van der Waals surface area contributed by atoms with Crippen LogP contribution in [-0.4, -0.2) is 46.0 Å². The largest absolute Gasteiger partial charge is 0.346 e. The number of quaternary nitrogens is 1. The lowest BCUT2D eigenvalue weighted by Gasteiger charge is -2.27. The lowest BCUT2D eigenvalue weighted by Crippen LogP contribution is -3.18. The van der Waals surface area contributed by atoms with Crippen LogP contribution < -0.4 is 14.5 Å². The summed E-state index contributed by atoms with van der Waals surface area (Å²) < 4.78 is 27.9. The maximum Gasteiger partial charge on any atom is 0.264 e. The summed E-state index contributed by atoms with van der Waals surface area (Å²) >= 11 is 0. The van der Waals surface area contributed by atoms with Crippen molar-refractivity contribution in [1.82, 2.24) is 5.32 Å². The lowest BCUT2D eigenvalue weighted by atomic mass is 10.2. The predicted octanol–water partition coefficient (Wildman–Crippen LogP) is 1.87. The maximum atomic E-state index is 13.2. The predicted molar refractivity (Wildman–Crippen MR) is 120 cm³/mol. The third kappa shape index (κ3) is 4.68. The van der Waals surface area contributed by atoms with Gasteiger partial charge in [0.05, 0.1) is 35.8 Å². The highest BCUT2D eigenvalue weighted by atomic mass is 32.2. The summed E-state index contributed by atoms with van der Waals surface area (Å²) in [6, 6.07) is 14.8. The summed E-state index contributed by atoms with van der Waals surface area (Å²) in [5, 5.41) is 2.93. The van der Waals surface area contributed by atoms with Gasteiger partial charge in [-0.25, -0.2) is 8.42 Å². The Morgan fingerprint density at radius 1 is 1.07 bits per heavy atom. The van der Waals surface area contributed by atoms with Gasteiger partial charge in [0.2, 0.25) is 0 Å². The molecule has 1 aliphatic heterocycles. The minimum absolute atomic E-state index is 0.142. The number of hydrogen-bond donors (Lipinski definition) is 2. The van der Waals surface area contributed by atoms with E-state index < -0.39 is 10.0 Å². The minimum Gasteiger partial charge on any atom is -0.346 e. The Hall–Kier alpha value is -2.38. The molecule has 0 bridgehead atoms. The molecule has 6 nitrogen and oxygen atoms in total. The van der Waals surface area contributed by atoms with E-state index in [1.807, 2.05) is 24.3 Å². The smallest absolute Gasteiger partial charge is 0.264 e. The van der Waals surface area contributed by atoms with Gasteiger partial charge >= 0.3 is 0 Å². The zero-order chi connectivity index (χ0) is 21.9. The van der Waals surface area contributed by atoms with E-state index in [0.717, 1.165) is 17.8 Å². The van der Waals surface area contributed by atoms with Crippen molar-refractivity contribution in [2.75, 3.05) is 23.9 Å². The number of para-hydroxylation sites is 1. The molecule has 7 heteroatoms. The summed E-state index contributed by atoms with van der Waals surface area (Å²) in [5.41, 5.74) is 2.11. The monoisotopic (exact) mass is 430 g/mol. The first kappa shape index (κ1) is 22.3. The fraction of sp³-hybridized carbons (Fsp3) is 0.435. The zero-order valence-electron chi connectivity index (χ0n) is 18.2. The number of nitrogens with one attached hydrogen (secondary N) is 2. The van der Waals surface area contributed by atoms with Crippen LogP contribution in [0.2, 0.25) is 0 Å². The normalized spacial score (nSPS) is 13.9. The molecule has 0 aliphatic carbocycles. The summed E-state index contributed by atoms with van der Waals surface area (Å²) in [6.45, 7) is 10.5. The highest BCUT2D eigenvalue weighted by Gasteiger charge is 2.31. The van der Waals surface area contributed by atoms with Crippen molar-refractivity contribution in [2.45, 2.75) is 51.1 Å². The Morgan fingerprint density at radius 2 is 1.77 bits per heavy atom. The summed E-state index contributed by atoms with van der Waals surface area (Å²) in [4.78, 5) is 14.2. The van der Waals surface area contributed by atoms with Crippen LogP contribution >= 0.6 is 0 Å². The van der Waals surface area contributed by atoms with Crippen molar-refractivity contribution in [3.8, 4) is 0 Å². The van der Waals surface area contributed by atoms with Crippen LogP contribution in [0.15, 0.2) is 53.4 Å². The molecule has 1 amide bonds. The Kier molecular flexibility index (Phi) is 6.83. The lowest BCUT2D eigenvalue weighted by molar-refractivity contribution is -0.941. The molecule has 0 fully saturated rings. The summed E-state index contributed by atoms with van der Waals surface area (Å²) in [6.07, 6.45) is 0.695. The SMILES string of the molecule is CC(C)[NH+](CCNC(=O)c1cccc(S(=O)(=O)N2CCc3ccccc32)c1)C(C)C. The van der Waals surface area contributed by atoms with E-state index in [2.05, 4.69) is 33.0 Å². The number of benzene rings is 2. The van der Waals surface area contributed by atoms with Gasteiger partial charge in [-0.05, 0) is 63.9 Å². The molecule has 0 aromatic heterocycles. The van der Waals surface area contributed by atoms with Crippen molar-refractivity contribution in [1.29, 1.82) is 0 Å². The second-order valence-electron chi connectivity index (χ2n) is 8.37. The van der Waals surface area contributed by atoms with Crippen LogP contribution in [0.25, 0.3) is 0 Å². The molecule has 0 radical (unpaired) electrons. The van der Waals surface area contributed by atoms with Crippen molar-refractivity contribution in [2.24, 2.45) is 0 Å². The average molecular weight is 431 g/mol. The molecule has 0 saturated heterocycles. The molecule has 162 valence electrons. The molecule has 1 heterocycles. The van der Waals surface area contributed by atoms with Crippen LogP contribution in [0, 0.1) is 0 Å². The van der Waals surface area contributed by atoms with Crippen molar-refractivity contribution >= 4 is 21.6 Å². The first-order valence-corrected chi connectivity index (χ1v) is 12.0. The minimum atomic E-state index is -3.72. The van der Waals surface area contributed by atoms with Gasteiger partial charge in [0.1, 0.15) is 0 Å². The van der Waals surface area contributed by atoms with Gasteiger partial charge in [-0.3, -0.25) is 9.10 Å². The number of hydrogen-bond acceptors (Lipinski definition) is 3. The molecule has 3 rings (SSSR count). The topological polar surface area (TPSA) is 70.9 Å². The van der Waals surface area contributed by atoms with E-state index in [-0.39, 0.29) is 10.8 Å². The second kappa shape index (κ2) is 9.18. The molecule has 30 heavy (non-hydrogen) atoms. The Bertz CT molecular complexity index is 994. The molecular formula is C23H32N3O3S+. The molecule has 0 unspecified atom stereocenters. The number of amides is 1. The van der Waals surface area contributed by atoms with E-state index in [4.69, 9.17) is 0 Å². The van der Waals surface area contributed by atoms with Gasteiger partial charge in [0, 0.05) is 12.1 Å². The van der Waals surface area contributed by atoms with Gasteiger partial charge in [-0.1, -0.05) is 24.3 Å². The van der Waals surface area contributed by atoms with Crippen LogP contribution in [0.3, 0.4) is 0 Å². The van der Waals surface area contributed by atoms with Crippen molar-refractivity contribution in [3.05, 3.63) is 59.7 Å².